The van der Waals surface area contributed by atoms with Crippen molar-refractivity contribution in [3.8, 4) is 0 Å². The van der Waals surface area contributed by atoms with Crippen molar-refractivity contribution in [2.45, 2.75) is 32.2 Å². The van der Waals surface area contributed by atoms with Gasteiger partial charge in [0.15, 0.2) is 0 Å². The van der Waals surface area contributed by atoms with Crippen LogP contribution < -0.4 is 5.32 Å². The summed E-state index contributed by atoms with van der Waals surface area (Å²) in [6.07, 6.45) is 0. The van der Waals surface area contributed by atoms with Crippen LogP contribution in [0.15, 0.2) is 17.0 Å². The SMILES string of the molecule is CCSc1c(F)cc(CNCC(C)C)cc1F. The van der Waals surface area contributed by atoms with Gasteiger partial charge in [-0.2, -0.15) is 0 Å². The van der Waals surface area contributed by atoms with E-state index >= 15 is 0 Å². The van der Waals surface area contributed by atoms with Crippen molar-refractivity contribution in [1.29, 1.82) is 0 Å². The van der Waals surface area contributed by atoms with Gasteiger partial charge in [0.25, 0.3) is 0 Å². The fourth-order valence-electron chi connectivity index (χ4n) is 1.50. The van der Waals surface area contributed by atoms with Gasteiger partial charge < -0.3 is 5.32 Å². The third-order valence-corrected chi connectivity index (χ3v) is 3.20. The van der Waals surface area contributed by atoms with E-state index in [9.17, 15) is 8.78 Å². The summed E-state index contributed by atoms with van der Waals surface area (Å²) in [5.41, 5.74) is 0.654. The highest BCUT2D eigenvalue weighted by atomic mass is 32.2. The molecule has 0 atom stereocenters. The highest BCUT2D eigenvalue weighted by molar-refractivity contribution is 7.99. The van der Waals surface area contributed by atoms with E-state index in [1.54, 1.807) is 0 Å². The Morgan fingerprint density at radius 1 is 1.24 bits per heavy atom. The number of nitrogens with one attached hydrogen (secondary N) is 1. The first-order valence-electron chi connectivity index (χ1n) is 5.86. The van der Waals surface area contributed by atoms with Crippen LogP contribution in [0.1, 0.15) is 26.3 Å². The maximum atomic E-state index is 13.6. The molecule has 0 aliphatic rings. The van der Waals surface area contributed by atoms with Gasteiger partial charge in [0.1, 0.15) is 11.6 Å². The Balaban J connectivity index is 2.69. The predicted octanol–water partition coefficient (Wildman–Crippen LogP) is 3.82. The summed E-state index contributed by atoms with van der Waals surface area (Å²) in [5, 5.41) is 3.17. The van der Waals surface area contributed by atoms with Gasteiger partial charge in [-0.05, 0) is 35.9 Å². The van der Waals surface area contributed by atoms with E-state index in [1.807, 2.05) is 6.92 Å². The predicted molar refractivity (Wildman–Crippen MR) is 69.3 cm³/mol. The van der Waals surface area contributed by atoms with Gasteiger partial charge in [-0.1, -0.05) is 20.8 Å². The number of hydrogen-bond acceptors (Lipinski definition) is 2. The smallest absolute Gasteiger partial charge is 0.140 e. The minimum absolute atomic E-state index is 0.125. The molecule has 0 saturated heterocycles. The molecule has 1 aromatic rings. The maximum Gasteiger partial charge on any atom is 0.140 e. The second-order valence-electron chi connectivity index (χ2n) is 4.35. The lowest BCUT2D eigenvalue weighted by Gasteiger charge is -2.09. The molecule has 96 valence electrons. The molecule has 0 aromatic heterocycles. The summed E-state index contributed by atoms with van der Waals surface area (Å²) in [7, 11) is 0. The fraction of sp³-hybridized carbons (Fsp3) is 0.538. The largest absolute Gasteiger partial charge is 0.312 e. The molecule has 0 aliphatic carbocycles. The topological polar surface area (TPSA) is 12.0 Å². The van der Waals surface area contributed by atoms with Crippen molar-refractivity contribution >= 4 is 11.8 Å². The minimum Gasteiger partial charge on any atom is -0.312 e. The highest BCUT2D eigenvalue weighted by Crippen LogP contribution is 2.26. The summed E-state index contributed by atoms with van der Waals surface area (Å²) in [6.45, 7) is 7.41. The first-order valence-corrected chi connectivity index (χ1v) is 6.84. The molecule has 17 heavy (non-hydrogen) atoms. The summed E-state index contributed by atoms with van der Waals surface area (Å²) >= 11 is 1.20. The summed E-state index contributed by atoms with van der Waals surface area (Å²) < 4.78 is 27.2. The van der Waals surface area contributed by atoms with Crippen molar-refractivity contribution in [2.75, 3.05) is 12.3 Å². The zero-order valence-corrected chi connectivity index (χ0v) is 11.3. The number of hydrogen-bond donors (Lipinski definition) is 1. The van der Waals surface area contributed by atoms with Gasteiger partial charge in [0.2, 0.25) is 0 Å². The maximum absolute atomic E-state index is 13.6. The molecule has 0 fully saturated rings. The Kier molecular flexibility index (Phi) is 5.92. The Hall–Kier alpha value is -0.610. The van der Waals surface area contributed by atoms with E-state index in [4.69, 9.17) is 0 Å². The quantitative estimate of drug-likeness (QED) is 0.779. The van der Waals surface area contributed by atoms with E-state index < -0.39 is 11.6 Å². The van der Waals surface area contributed by atoms with Crippen LogP contribution in [-0.4, -0.2) is 12.3 Å². The van der Waals surface area contributed by atoms with Crippen LogP contribution in [0.25, 0.3) is 0 Å². The number of thioether (sulfide) groups is 1. The molecule has 0 amide bonds. The van der Waals surface area contributed by atoms with Crippen molar-refractivity contribution in [2.24, 2.45) is 5.92 Å². The standard InChI is InChI=1S/C13H19F2NS/c1-4-17-13-11(14)5-10(6-12(13)15)8-16-7-9(2)3/h5-6,9,16H,4,7-8H2,1-3H3. The van der Waals surface area contributed by atoms with Gasteiger partial charge in [0.05, 0.1) is 4.90 Å². The molecular formula is C13H19F2NS. The summed E-state index contributed by atoms with van der Waals surface area (Å²) in [5.74, 6) is 0.273. The Morgan fingerprint density at radius 3 is 2.29 bits per heavy atom. The molecule has 0 aliphatic heterocycles. The van der Waals surface area contributed by atoms with E-state index in [2.05, 4.69) is 19.2 Å². The second-order valence-corrected chi connectivity index (χ2v) is 5.62. The summed E-state index contributed by atoms with van der Waals surface area (Å²) in [4.78, 5) is 0.125. The lowest BCUT2D eigenvalue weighted by molar-refractivity contribution is 0.525. The molecular weight excluding hydrogens is 240 g/mol. The molecule has 1 N–H and O–H groups in total. The first-order chi connectivity index (χ1) is 8.04. The van der Waals surface area contributed by atoms with Crippen molar-refractivity contribution in [1.82, 2.24) is 5.32 Å². The zero-order chi connectivity index (χ0) is 12.8. The molecule has 0 spiro atoms. The third-order valence-electron chi connectivity index (χ3n) is 2.23. The third kappa shape index (κ3) is 4.64. The van der Waals surface area contributed by atoms with Crippen LogP contribution in [0.5, 0.6) is 0 Å². The first kappa shape index (κ1) is 14.5. The molecule has 0 unspecified atom stereocenters. The van der Waals surface area contributed by atoms with Gasteiger partial charge in [-0.3, -0.25) is 0 Å². The zero-order valence-electron chi connectivity index (χ0n) is 10.5. The molecule has 0 radical (unpaired) electrons. The lowest BCUT2D eigenvalue weighted by Crippen LogP contribution is -2.19. The monoisotopic (exact) mass is 259 g/mol. The summed E-state index contributed by atoms with van der Waals surface area (Å²) in [6, 6.07) is 2.82. The Morgan fingerprint density at radius 2 is 1.82 bits per heavy atom. The molecule has 0 heterocycles. The molecule has 0 bridgehead atoms. The lowest BCUT2D eigenvalue weighted by atomic mass is 10.2. The van der Waals surface area contributed by atoms with Crippen LogP contribution in [0.4, 0.5) is 8.78 Å². The normalized spacial score (nSPS) is 11.2. The van der Waals surface area contributed by atoms with E-state index in [0.29, 0.717) is 23.8 Å². The highest BCUT2D eigenvalue weighted by Gasteiger charge is 2.10. The average Bonchev–Trinajstić information content (AvgIpc) is 2.23. The molecule has 0 saturated carbocycles. The Bertz CT molecular complexity index is 343. The van der Waals surface area contributed by atoms with Crippen LogP contribution in [0, 0.1) is 17.6 Å². The van der Waals surface area contributed by atoms with Crippen LogP contribution in [0.2, 0.25) is 0 Å². The van der Waals surface area contributed by atoms with Crippen molar-refractivity contribution < 1.29 is 8.78 Å². The second kappa shape index (κ2) is 6.97. The van der Waals surface area contributed by atoms with Crippen LogP contribution in [0.3, 0.4) is 0 Å². The molecule has 4 heteroatoms. The fourth-order valence-corrected chi connectivity index (χ4v) is 2.18. The van der Waals surface area contributed by atoms with Crippen LogP contribution >= 0.6 is 11.8 Å². The van der Waals surface area contributed by atoms with Gasteiger partial charge in [0, 0.05) is 6.54 Å². The number of halogens is 2. The van der Waals surface area contributed by atoms with Crippen molar-refractivity contribution in [3.63, 3.8) is 0 Å². The number of benzene rings is 1. The average molecular weight is 259 g/mol. The van der Waals surface area contributed by atoms with E-state index in [-0.39, 0.29) is 4.90 Å². The molecule has 1 rings (SSSR count). The van der Waals surface area contributed by atoms with Gasteiger partial charge >= 0.3 is 0 Å². The minimum atomic E-state index is -0.460. The molecule has 1 aromatic carbocycles. The Labute approximate surface area is 106 Å². The van der Waals surface area contributed by atoms with E-state index in [0.717, 1.165) is 6.54 Å². The van der Waals surface area contributed by atoms with Crippen molar-refractivity contribution in [3.05, 3.63) is 29.3 Å². The van der Waals surface area contributed by atoms with Crippen LogP contribution in [-0.2, 0) is 6.54 Å². The van der Waals surface area contributed by atoms with Gasteiger partial charge in [-0.15, -0.1) is 11.8 Å². The number of rotatable bonds is 6. The van der Waals surface area contributed by atoms with Gasteiger partial charge in [-0.25, -0.2) is 8.78 Å². The molecule has 1 nitrogen and oxygen atoms in total. The van der Waals surface area contributed by atoms with E-state index in [1.165, 1.54) is 23.9 Å².